The van der Waals surface area contributed by atoms with Gasteiger partial charge in [-0.15, -0.1) is 0 Å². The molecule has 0 spiro atoms. The normalized spacial score (nSPS) is 10.7. The van der Waals surface area contributed by atoms with Crippen molar-refractivity contribution in [3.8, 4) is 0 Å². The molecule has 0 aliphatic carbocycles. The van der Waals surface area contributed by atoms with Crippen LogP contribution in [0.4, 0.5) is 0 Å². The van der Waals surface area contributed by atoms with Crippen molar-refractivity contribution in [3.63, 3.8) is 0 Å². The Labute approximate surface area is 89.1 Å². The quantitative estimate of drug-likeness (QED) is 0.715. The maximum absolute atomic E-state index is 5.51. The number of rotatable bonds is 4. The second-order valence-corrected chi connectivity index (χ2v) is 3.44. The van der Waals surface area contributed by atoms with E-state index in [2.05, 4.69) is 23.2 Å². The summed E-state index contributed by atoms with van der Waals surface area (Å²) in [5.41, 5.74) is 2.03. The Kier molecular flexibility index (Phi) is 3.25. The number of benzene rings is 1. The zero-order valence-corrected chi connectivity index (χ0v) is 8.81. The number of aromatic nitrogens is 2. The van der Waals surface area contributed by atoms with E-state index in [0.717, 1.165) is 29.5 Å². The molecule has 0 unspecified atom stereocenters. The summed E-state index contributed by atoms with van der Waals surface area (Å²) in [4.78, 5) is 0. The highest BCUT2D eigenvalue weighted by molar-refractivity contribution is 5.80. The molecule has 0 radical (unpaired) electrons. The molecule has 0 bridgehead atoms. The van der Waals surface area contributed by atoms with Crippen molar-refractivity contribution in [1.29, 1.82) is 0 Å². The van der Waals surface area contributed by atoms with Crippen LogP contribution in [0.2, 0.25) is 0 Å². The highest BCUT2D eigenvalue weighted by Crippen LogP contribution is 2.15. The maximum atomic E-state index is 5.51. The Morgan fingerprint density at radius 3 is 3.00 bits per heavy atom. The second-order valence-electron chi connectivity index (χ2n) is 3.44. The average Bonchev–Trinajstić information content (AvgIpc) is 2.30. The summed E-state index contributed by atoms with van der Waals surface area (Å²) < 4.78 is 5.51. The topological polar surface area (TPSA) is 35.0 Å². The Balaban J connectivity index is 2.26. The molecule has 0 saturated carbocycles. The maximum Gasteiger partial charge on any atom is 0.0933 e. The van der Waals surface area contributed by atoms with Gasteiger partial charge in [0, 0.05) is 17.6 Å². The zero-order valence-electron chi connectivity index (χ0n) is 8.81. The average molecular weight is 202 g/mol. The zero-order chi connectivity index (χ0) is 10.5. The third-order valence-electron chi connectivity index (χ3n) is 2.24. The fourth-order valence-corrected chi connectivity index (χ4v) is 1.50. The lowest BCUT2D eigenvalue weighted by molar-refractivity contribution is 0.122. The van der Waals surface area contributed by atoms with E-state index < -0.39 is 0 Å². The van der Waals surface area contributed by atoms with Gasteiger partial charge in [-0.3, -0.25) is 0 Å². The summed E-state index contributed by atoms with van der Waals surface area (Å²) in [5, 5.41) is 9.15. The van der Waals surface area contributed by atoms with Gasteiger partial charge >= 0.3 is 0 Å². The van der Waals surface area contributed by atoms with Crippen LogP contribution in [0.25, 0.3) is 10.9 Å². The van der Waals surface area contributed by atoms with Crippen LogP contribution >= 0.6 is 0 Å². The van der Waals surface area contributed by atoms with Gasteiger partial charge in [0.25, 0.3) is 0 Å². The molecule has 0 aliphatic rings. The minimum Gasteiger partial charge on any atom is -0.377 e. The van der Waals surface area contributed by atoms with Crippen LogP contribution < -0.4 is 0 Å². The minimum atomic E-state index is 0.615. The molecule has 1 aromatic carbocycles. The summed E-state index contributed by atoms with van der Waals surface area (Å²) in [6, 6.07) is 7.99. The summed E-state index contributed by atoms with van der Waals surface area (Å²) in [5.74, 6) is 0. The number of fused-ring (bicyclic) bond motifs is 1. The van der Waals surface area contributed by atoms with E-state index in [1.165, 1.54) is 0 Å². The molecule has 78 valence electrons. The summed E-state index contributed by atoms with van der Waals surface area (Å²) in [6.45, 7) is 3.50. The van der Waals surface area contributed by atoms with Gasteiger partial charge in [-0.25, -0.2) is 0 Å². The highest BCUT2D eigenvalue weighted by Gasteiger charge is 2.01. The molecule has 15 heavy (non-hydrogen) atoms. The molecule has 1 heterocycles. The molecule has 0 aliphatic heterocycles. The van der Waals surface area contributed by atoms with Crippen LogP contribution in [0.1, 0.15) is 18.9 Å². The molecule has 2 aromatic rings. The summed E-state index contributed by atoms with van der Waals surface area (Å²) >= 11 is 0. The smallest absolute Gasteiger partial charge is 0.0933 e. The third kappa shape index (κ3) is 2.30. The van der Waals surface area contributed by atoms with Gasteiger partial charge < -0.3 is 4.74 Å². The first-order valence-corrected chi connectivity index (χ1v) is 5.19. The summed E-state index contributed by atoms with van der Waals surface area (Å²) in [6.07, 6.45) is 2.81. The summed E-state index contributed by atoms with van der Waals surface area (Å²) in [7, 11) is 0. The Morgan fingerprint density at radius 1 is 1.27 bits per heavy atom. The first-order chi connectivity index (χ1) is 7.42. The van der Waals surface area contributed by atoms with Crippen LogP contribution in [0.15, 0.2) is 30.5 Å². The lowest BCUT2D eigenvalue weighted by Gasteiger charge is -2.05. The molecule has 0 saturated heterocycles. The van der Waals surface area contributed by atoms with Crippen molar-refractivity contribution >= 4 is 10.9 Å². The van der Waals surface area contributed by atoms with Crippen molar-refractivity contribution in [3.05, 3.63) is 36.0 Å². The molecule has 3 heteroatoms. The molecule has 0 amide bonds. The van der Waals surface area contributed by atoms with Gasteiger partial charge in [-0.2, -0.15) is 10.2 Å². The molecular formula is C12H14N2O. The van der Waals surface area contributed by atoms with E-state index in [4.69, 9.17) is 4.74 Å². The predicted molar refractivity (Wildman–Crippen MR) is 59.5 cm³/mol. The fraction of sp³-hybridized carbons (Fsp3) is 0.333. The third-order valence-corrected chi connectivity index (χ3v) is 2.24. The lowest BCUT2D eigenvalue weighted by Crippen LogP contribution is -1.97. The van der Waals surface area contributed by atoms with E-state index in [1.54, 1.807) is 6.20 Å². The standard InChI is InChI=1S/C12H14N2O/c1-2-7-15-9-10-8-13-14-12-6-4-3-5-11(10)12/h3-6,8H,2,7,9H2,1H3. The lowest BCUT2D eigenvalue weighted by atomic mass is 10.1. The number of nitrogens with zero attached hydrogens (tertiary/aromatic N) is 2. The van der Waals surface area contributed by atoms with Crippen molar-refractivity contribution in [2.24, 2.45) is 0 Å². The van der Waals surface area contributed by atoms with E-state index in [0.29, 0.717) is 6.61 Å². The molecule has 0 atom stereocenters. The number of hydrogen-bond acceptors (Lipinski definition) is 3. The predicted octanol–water partition coefficient (Wildman–Crippen LogP) is 2.56. The molecule has 1 aromatic heterocycles. The van der Waals surface area contributed by atoms with E-state index in [1.807, 2.05) is 18.2 Å². The van der Waals surface area contributed by atoms with Crippen molar-refractivity contribution in [1.82, 2.24) is 10.2 Å². The van der Waals surface area contributed by atoms with Gasteiger partial charge in [-0.1, -0.05) is 25.1 Å². The van der Waals surface area contributed by atoms with E-state index in [9.17, 15) is 0 Å². The fourth-order valence-electron chi connectivity index (χ4n) is 1.50. The first kappa shape index (κ1) is 10.1. The van der Waals surface area contributed by atoms with E-state index >= 15 is 0 Å². The largest absolute Gasteiger partial charge is 0.377 e. The van der Waals surface area contributed by atoms with Crippen LogP contribution in [-0.4, -0.2) is 16.8 Å². The van der Waals surface area contributed by atoms with Gasteiger partial charge in [0.15, 0.2) is 0 Å². The Bertz CT molecular complexity index is 437. The number of ether oxygens (including phenoxy) is 1. The van der Waals surface area contributed by atoms with Gasteiger partial charge in [0.2, 0.25) is 0 Å². The van der Waals surface area contributed by atoms with Crippen LogP contribution in [0, 0.1) is 0 Å². The Hall–Kier alpha value is -1.48. The van der Waals surface area contributed by atoms with Crippen molar-refractivity contribution in [2.45, 2.75) is 20.0 Å². The molecule has 3 nitrogen and oxygen atoms in total. The molecule has 2 rings (SSSR count). The van der Waals surface area contributed by atoms with E-state index in [-0.39, 0.29) is 0 Å². The van der Waals surface area contributed by atoms with Crippen LogP contribution in [0.3, 0.4) is 0 Å². The van der Waals surface area contributed by atoms with Crippen molar-refractivity contribution in [2.75, 3.05) is 6.61 Å². The number of hydrogen-bond donors (Lipinski definition) is 0. The minimum absolute atomic E-state index is 0.615. The molecule has 0 fully saturated rings. The monoisotopic (exact) mass is 202 g/mol. The Morgan fingerprint density at radius 2 is 2.13 bits per heavy atom. The van der Waals surface area contributed by atoms with Gasteiger partial charge in [-0.05, 0) is 12.5 Å². The van der Waals surface area contributed by atoms with Gasteiger partial charge in [0.05, 0.1) is 18.3 Å². The van der Waals surface area contributed by atoms with Crippen molar-refractivity contribution < 1.29 is 4.74 Å². The highest BCUT2D eigenvalue weighted by atomic mass is 16.5. The first-order valence-electron chi connectivity index (χ1n) is 5.19. The van der Waals surface area contributed by atoms with Gasteiger partial charge in [0.1, 0.15) is 0 Å². The SMILES string of the molecule is CCCOCc1cnnc2ccccc12. The molecule has 0 N–H and O–H groups in total. The van der Waals surface area contributed by atoms with Crippen LogP contribution in [0.5, 0.6) is 0 Å². The van der Waals surface area contributed by atoms with Crippen LogP contribution in [-0.2, 0) is 11.3 Å². The second kappa shape index (κ2) is 4.84. The molecular weight excluding hydrogens is 188 g/mol.